The number of carbonyl (C=O) groups excluding carboxylic acids is 1. The molecule has 1 aromatic carbocycles. The maximum atomic E-state index is 12.1. The Balaban J connectivity index is 1.64. The number of fused-ring (bicyclic) bond motifs is 1. The van der Waals surface area contributed by atoms with E-state index in [1.807, 2.05) is 12.1 Å². The number of hydrogen-bond donors (Lipinski definition) is 1. The highest BCUT2D eigenvalue weighted by molar-refractivity contribution is 6.34. The Hall–Kier alpha value is -1.58. The molecule has 1 atom stereocenters. The number of pyridine rings is 1. The number of nitrogens with one attached hydrogen (secondary N) is 1. The van der Waals surface area contributed by atoms with Crippen LogP contribution >= 0.6 is 23.2 Å². The molecule has 2 aromatic rings. The van der Waals surface area contributed by atoms with Gasteiger partial charge in [0.05, 0.1) is 5.56 Å². The monoisotopic (exact) mass is 306 g/mol. The molecule has 1 aliphatic rings. The zero-order valence-electron chi connectivity index (χ0n) is 10.6. The van der Waals surface area contributed by atoms with Crippen molar-refractivity contribution in [2.45, 2.75) is 12.3 Å². The number of benzene rings is 1. The van der Waals surface area contributed by atoms with Crippen LogP contribution in [-0.4, -0.2) is 17.4 Å². The largest absolute Gasteiger partial charge is 0.351 e. The molecule has 3 rings (SSSR count). The summed E-state index contributed by atoms with van der Waals surface area (Å²) >= 11 is 11.6. The molecule has 1 amide bonds. The molecule has 1 aliphatic carbocycles. The Morgan fingerprint density at radius 1 is 1.25 bits per heavy atom. The van der Waals surface area contributed by atoms with Crippen LogP contribution in [-0.2, 0) is 6.42 Å². The van der Waals surface area contributed by atoms with Crippen LogP contribution in [0.4, 0.5) is 0 Å². The quantitative estimate of drug-likeness (QED) is 0.882. The fourth-order valence-electron chi connectivity index (χ4n) is 2.44. The molecule has 1 unspecified atom stereocenters. The van der Waals surface area contributed by atoms with Gasteiger partial charge < -0.3 is 5.32 Å². The zero-order valence-corrected chi connectivity index (χ0v) is 12.1. The van der Waals surface area contributed by atoms with Crippen LogP contribution in [0.3, 0.4) is 0 Å². The minimum Gasteiger partial charge on any atom is -0.351 e. The Labute approximate surface area is 126 Å². The average Bonchev–Trinajstić information content (AvgIpc) is 2.39. The number of aromatic nitrogens is 1. The first-order valence-corrected chi connectivity index (χ1v) is 7.09. The summed E-state index contributed by atoms with van der Waals surface area (Å²) in [5.74, 6) is 0.165. The molecule has 1 N–H and O–H groups in total. The van der Waals surface area contributed by atoms with Crippen LogP contribution in [0.2, 0.25) is 10.3 Å². The summed E-state index contributed by atoms with van der Waals surface area (Å²) < 4.78 is 0. The second-order valence-electron chi connectivity index (χ2n) is 4.78. The summed E-state index contributed by atoms with van der Waals surface area (Å²) in [5, 5.41) is 3.30. The lowest BCUT2D eigenvalue weighted by molar-refractivity contribution is 0.0950. The molecule has 0 bridgehead atoms. The first-order chi connectivity index (χ1) is 9.65. The van der Waals surface area contributed by atoms with Crippen LogP contribution in [0.25, 0.3) is 0 Å². The summed E-state index contributed by atoms with van der Waals surface area (Å²) in [6.45, 7) is 0.606. The molecular formula is C15H12Cl2N2O. The normalized spacial score (nSPS) is 16.2. The minimum absolute atomic E-state index is 0.129. The maximum absolute atomic E-state index is 12.1. The van der Waals surface area contributed by atoms with E-state index in [2.05, 4.69) is 22.4 Å². The fourth-order valence-corrected chi connectivity index (χ4v) is 2.87. The van der Waals surface area contributed by atoms with Crippen molar-refractivity contribution >= 4 is 29.1 Å². The molecule has 20 heavy (non-hydrogen) atoms. The maximum Gasteiger partial charge on any atom is 0.254 e. The first-order valence-electron chi connectivity index (χ1n) is 6.33. The summed E-state index contributed by atoms with van der Waals surface area (Å²) in [4.78, 5) is 15.9. The lowest BCUT2D eigenvalue weighted by Crippen LogP contribution is -2.33. The van der Waals surface area contributed by atoms with Crippen molar-refractivity contribution in [3.8, 4) is 0 Å². The van der Waals surface area contributed by atoms with Crippen LogP contribution in [0.1, 0.15) is 27.4 Å². The van der Waals surface area contributed by atoms with Gasteiger partial charge >= 0.3 is 0 Å². The van der Waals surface area contributed by atoms with Crippen LogP contribution in [0.15, 0.2) is 36.4 Å². The summed E-state index contributed by atoms with van der Waals surface area (Å²) in [7, 11) is 0. The van der Waals surface area contributed by atoms with Crippen molar-refractivity contribution in [2.75, 3.05) is 6.54 Å². The lowest BCUT2D eigenvalue weighted by atomic mass is 9.77. The second kappa shape index (κ2) is 5.43. The van der Waals surface area contributed by atoms with Crippen molar-refractivity contribution in [1.82, 2.24) is 10.3 Å². The third-order valence-corrected chi connectivity index (χ3v) is 4.03. The van der Waals surface area contributed by atoms with Gasteiger partial charge in [-0.25, -0.2) is 4.98 Å². The fraction of sp³-hybridized carbons (Fsp3) is 0.200. The van der Waals surface area contributed by atoms with E-state index in [-0.39, 0.29) is 16.2 Å². The number of amides is 1. The molecule has 102 valence electrons. The van der Waals surface area contributed by atoms with Crippen LogP contribution in [0.5, 0.6) is 0 Å². The van der Waals surface area contributed by atoms with Crippen LogP contribution < -0.4 is 5.32 Å². The highest BCUT2D eigenvalue weighted by atomic mass is 35.5. The predicted molar refractivity (Wildman–Crippen MR) is 79.5 cm³/mol. The minimum atomic E-state index is -0.219. The number of hydrogen-bond acceptors (Lipinski definition) is 2. The van der Waals surface area contributed by atoms with E-state index in [0.717, 1.165) is 6.42 Å². The van der Waals surface area contributed by atoms with E-state index in [1.165, 1.54) is 11.1 Å². The van der Waals surface area contributed by atoms with Gasteiger partial charge in [0, 0.05) is 12.5 Å². The van der Waals surface area contributed by atoms with Gasteiger partial charge in [-0.2, -0.15) is 0 Å². The van der Waals surface area contributed by atoms with Gasteiger partial charge in [0.2, 0.25) is 0 Å². The zero-order chi connectivity index (χ0) is 14.1. The van der Waals surface area contributed by atoms with Crippen LogP contribution in [0, 0.1) is 0 Å². The third kappa shape index (κ3) is 2.51. The van der Waals surface area contributed by atoms with Gasteiger partial charge in [-0.15, -0.1) is 0 Å². The van der Waals surface area contributed by atoms with Gasteiger partial charge in [0.25, 0.3) is 5.91 Å². The van der Waals surface area contributed by atoms with Gasteiger partial charge in [0.15, 0.2) is 0 Å². The predicted octanol–water partition coefficient (Wildman–Crippen LogP) is 3.46. The van der Waals surface area contributed by atoms with E-state index in [0.29, 0.717) is 18.0 Å². The molecule has 0 saturated carbocycles. The van der Waals surface area contributed by atoms with Crippen molar-refractivity contribution in [3.05, 3.63) is 63.4 Å². The second-order valence-corrected chi connectivity index (χ2v) is 5.53. The molecule has 1 heterocycles. The van der Waals surface area contributed by atoms with E-state index >= 15 is 0 Å². The van der Waals surface area contributed by atoms with Gasteiger partial charge in [-0.3, -0.25) is 4.79 Å². The third-order valence-electron chi connectivity index (χ3n) is 3.53. The van der Waals surface area contributed by atoms with E-state index < -0.39 is 0 Å². The Morgan fingerprint density at radius 2 is 2.05 bits per heavy atom. The van der Waals surface area contributed by atoms with E-state index in [9.17, 15) is 4.79 Å². The molecule has 5 heteroatoms. The van der Waals surface area contributed by atoms with Crippen molar-refractivity contribution in [2.24, 2.45) is 0 Å². The number of halogens is 2. The molecule has 1 aromatic heterocycles. The van der Waals surface area contributed by atoms with Gasteiger partial charge in [0.1, 0.15) is 10.3 Å². The molecule has 0 spiro atoms. The summed E-state index contributed by atoms with van der Waals surface area (Å²) in [6, 6.07) is 11.4. The Kier molecular flexibility index (Phi) is 3.64. The lowest BCUT2D eigenvalue weighted by Gasteiger charge is -2.30. The average molecular weight is 307 g/mol. The Bertz CT molecular complexity index is 673. The topological polar surface area (TPSA) is 42.0 Å². The molecular weight excluding hydrogens is 295 g/mol. The summed E-state index contributed by atoms with van der Waals surface area (Å²) in [6.07, 6.45) is 1.00. The number of rotatable bonds is 3. The molecule has 0 aliphatic heterocycles. The number of carbonyl (C=O) groups is 1. The SMILES string of the molecule is O=C(NCC1Cc2ccccc21)c1ccc(Cl)nc1Cl. The van der Waals surface area contributed by atoms with Gasteiger partial charge in [-0.05, 0) is 29.7 Å². The molecule has 0 radical (unpaired) electrons. The van der Waals surface area contributed by atoms with Crippen molar-refractivity contribution in [3.63, 3.8) is 0 Å². The van der Waals surface area contributed by atoms with Crippen molar-refractivity contribution in [1.29, 1.82) is 0 Å². The van der Waals surface area contributed by atoms with E-state index in [4.69, 9.17) is 23.2 Å². The highest BCUT2D eigenvalue weighted by Gasteiger charge is 2.25. The smallest absolute Gasteiger partial charge is 0.254 e. The first kappa shape index (κ1) is 13.4. The molecule has 0 fully saturated rings. The standard InChI is InChI=1S/C15H12Cl2N2O/c16-13-6-5-12(14(17)19-13)15(20)18-8-10-7-9-3-1-2-4-11(9)10/h1-6,10H,7-8H2,(H,18,20). The summed E-state index contributed by atoms with van der Waals surface area (Å²) in [5.41, 5.74) is 3.02. The number of nitrogens with zero attached hydrogens (tertiary/aromatic N) is 1. The highest BCUT2D eigenvalue weighted by Crippen LogP contribution is 2.34. The van der Waals surface area contributed by atoms with E-state index in [1.54, 1.807) is 12.1 Å². The van der Waals surface area contributed by atoms with Gasteiger partial charge in [-0.1, -0.05) is 47.5 Å². The molecule has 3 nitrogen and oxygen atoms in total. The molecule has 0 saturated heterocycles. The van der Waals surface area contributed by atoms with Crippen molar-refractivity contribution < 1.29 is 4.79 Å². The Morgan fingerprint density at radius 3 is 2.80 bits per heavy atom.